The monoisotopic (exact) mass is 423 g/mol. The Kier molecular flexibility index (Phi) is 6.32. The SMILES string of the molecule is COc1cc(C(=O)Nc2cccc([N+](=O)[O-])c2C)c(N(C)S(C)(=O)=O)cc1OC. The molecule has 2 rings (SSSR count). The molecule has 10 nitrogen and oxygen atoms in total. The van der Waals surface area contributed by atoms with Crippen molar-refractivity contribution in [3.05, 3.63) is 51.6 Å². The molecule has 0 unspecified atom stereocenters. The highest BCUT2D eigenvalue weighted by molar-refractivity contribution is 7.92. The molecule has 0 saturated carbocycles. The van der Waals surface area contributed by atoms with Gasteiger partial charge in [-0.2, -0.15) is 0 Å². The number of carbonyl (C=O) groups excluding carboxylic acids is 1. The Balaban J connectivity index is 2.59. The molecule has 0 spiro atoms. The summed E-state index contributed by atoms with van der Waals surface area (Å²) in [5.41, 5.74) is 0.395. The van der Waals surface area contributed by atoms with Crippen LogP contribution in [0.1, 0.15) is 15.9 Å². The van der Waals surface area contributed by atoms with E-state index in [1.807, 2.05) is 0 Å². The van der Waals surface area contributed by atoms with E-state index in [4.69, 9.17) is 9.47 Å². The van der Waals surface area contributed by atoms with Gasteiger partial charge in [0.05, 0.1) is 47.9 Å². The molecule has 0 fully saturated rings. The second-order valence-corrected chi connectivity index (χ2v) is 8.13. The van der Waals surface area contributed by atoms with Crippen molar-refractivity contribution in [1.29, 1.82) is 0 Å². The van der Waals surface area contributed by atoms with Crippen LogP contribution in [0.4, 0.5) is 17.1 Å². The van der Waals surface area contributed by atoms with Crippen molar-refractivity contribution in [3.63, 3.8) is 0 Å². The number of nitrogens with zero attached hydrogens (tertiary/aromatic N) is 2. The van der Waals surface area contributed by atoms with E-state index >= 15 is 0 Å². The van der Waals surface area contributed by atoms with Gasteiger partial charge in [0.15, 0.2) is 11.5 Å². The van der Waals surface area contributed by atoms with Gasteiger partial charge < -0.3 is 14.8 Å². The smallest absolute Gasteiger partial charge is 0.274 e. The van der Waals surface area contributed by atoms with Gasteiger partial charge in [-0.05, 0) is 19.1 Å². The minimum Gasteiger partial charge on any atom is -0.493 e. The first kappa shape index (κ1) is 22.0. The summed E-state index contributed by atoms with van der Waals surface area (Å²) in [6.07, 6.45) is 0.996. The number of hydrogen-bond donors (Lipinski definition) is 1. The molecule has 0 atom stereocenters. The van der Waals surface area contributed by atoms with Crippen molar-refractivity contribution >= 4 is 33.0 Å². The van der Waals surface area contributed by atoms with Gasteiger partial charge in [-0.15, -0.1) is 0 Å². The van der Waals surface area contributed by atoms with Gasteiger partial charge in [-0.25, -0.2) is 8.42 Å². The summed E-state index contributed by atoms with van der Waals surface area (Å²) in [5, 5.41) is 13.7. The molecule has 156 valence electrons. The summed E-state index contributed by atoms with van der Waals surface area (Å²) in [5.74, 6) is -0.208. The van der Waals surface area contributed by atoms with Crippen molar-refractivity contribution in [3.8, 4) is 11.5 Å². The minimum atomic E-state index is -3.69. The average molecular weight is 423 g/mol. The maximum Gasteiger partial charge on any atom is 0.274 e. The Labute approximate surface area is 168 Å². The fourth-order valence-corrected chi connectivity index (χ4v) is 3.14. The van der Waals surface area contributed by atoms with Crippen LogP contribution in [0.25, 0.3) is 0 Å². The molecule has 0 radical (unpaired) electrons. The third kappa shape index (κ3) is 4.57. The van der Waals surface area contributed by atoms with E-state index in [9.17, 15) is 23.3 Å². The standard InChI is InChI=1S/C18H21N3O7S/c1-11-13(7-6-8-14(11)21(23)24)19-18(22)12-9-16(27-3)17(28-4)10-15(12)20(2)29(5,25)26/h6-10H,1-5H3,(H,19,22). The molecule has 0 aromatic heterocycles. The summed E-state index contributed by atoms with van der Waals surface area (Å²) in [6, 6.07) is 7.00. The van der Waals surface area contributed by atoms with Crippen LogP contribution in [-0.4, -0.2) is 46.8 Å². The fourth-order valence-electron chi connectivity index (χ4n) is 2.64. The van der Waals surface area contributed by atoms with Gasteiger partial charge in [0.1, 0.15) is 0 Å². The first-order valence-electron chi connectivity index (χ1n) is 8.26. The van der Waals surface area contributed by atoms with Crippen LogP contribution in [0.3, 0.4) is 0 Å². The van der Waals surface area contributed by atoms with E-state index in [0.29, 0.717) is 0 Å². The number of amides is 1. The van der Waals surface area contributed by atoms with Crippen LogP contribution in [-0.2, 0) is 10.0 Å². The molecule has 0 aliphatic carbocycles. The van der Waals surface area contributed by atoms with E-state index in [0.717, 1.165) is 10.6 Å². The molecule has 1 N–H and O–H groups in total. The number of nitro groups is 1. The molecule has 1 amide bonds. The number of rotatable bonds is 7. The number of carbonyl (C=O) groups is 1. The maximum atomic E-state index is 13.0. The lowest BCUT2D eigenvalue weighted by atomic mass is 10.1. The van der Waals surface area contributed by atoms with Crippen LogP contribution >= 0.6 is 0 Å². The van der Waals surface area contributed by atoms with Crippen LogP contribution in [0.15, 0.2) is 30.3 Å². The highest BCUT2D eigenvalue weighted by atomic mass is 32.2. The van der Waals surface area contributed by atoms with Crippen LogP contribution in [0, 0.1) is 17.0 Å². The molecule has 2 aromatic rings. The third-order valence-electron chi connectivity index (χ3n) is 4.33. The molecular formula is C18H21N3O7S. The molecule has 0 bridgehead atoms. The van der Waals surface area contributed by atoms with Crippen molar-refractivity contribution in [2.75, 3.05) is 37.1 Å². The normalized spacial score (nSPS) is 10.9. The predicted octanol–water partition coefficient (Wildman–Crippen LogP) is 2.57. The number of methoxy groups -OCH3 is 2. The maximum absolute atomic E-state index is 13.0. The number of anilines is 2. The summed E-state index contributed by atoms with van der Waals surface area (Å²) in [6.45, 7) is 1.51. The van der Waals surface area contributed by atoms with E-state index < -0.39 is 20.9 Å². The predicted molar refractivity (Wildman–Crippen MR) is 109 cm³/mol. The minimum absolute atomic E-state index is 0.0125. The lowest BCUT2D eigenvalue weighted by molar-refractivity contribution is -0.385. The molecule has 11 heteroatoms. The van der Waals surface area contributed by atoms with Gasteiger partial charge in [-0.1, -0.05) is 6.07 Å². The van der Waals surface area contributed by atoms with Crippen LogP contribution < -0.4 is 19.1 Å². The molecule has 0 aliphatic rings. The van der Waals surface area contributed by atoms with Gasteiger partial charge in [0.25, 0.3) is 11.6 Å². The molecule has 0 aliphatic heterocycles. The molecule has 29 heavy (non-hydrogen) atoms. The molecule has 2 aromatic carbocycles. The average Bonchev–Trinajstić information content (AvgIpc) is 2.66. The number of sulfonamides is 1. The van der Waals surface area contributed by atoms with E-state index in [1.54, 1.807) is 0 Å². The Bertz CT molecular complexity index is 1070. The van der Waals surface area contributed by atoms with Crippen molar-refractivity contribution in [1.82, 2.24) is 0 Å². The fraction of sp³-hybridized carbons (Fsp3) is 0.278. The lowest BCUT2D eigenvalue weighted by Gasteiger charge is -2.22. The zero-order chi connectivity index (χ0) is 21.9. The van der Waals surface area contributed by atoms with Gasteiger partial charge in [0, 0.05) is 19.2 Å². The second kappa shape index (κ2) is 8.35. The quantitative estimate of drug-likeness (QED) is 0.535. The molecule has 0 saturated heterocycles. The first-order chi connectivity index (χ1) is 13.5. The summed E-state index contributed by atoms with van der Waals surface area (Å²) in [7, 11) is 0.372. The lowest BCUT2D eigenvalue weighted by Crippen LogP contribution is -2.28. The summed E-state index contributed by atoms with van der Waals surface area (Å²) in [4.78, 5) is 23.5. The zero-order valence-corrected chi connectivity index (χ0v) is 17.4. The molecule has 0 heterocycles. The second-order valence-electron chi connectivity index (χ2n) is 6.12. The van der Waals surface area contributed by atoms with Gasteiger partial charge in [-0.3, -0.25) is 19.2 Å². The Morgan fingerprint density at radius 1 is 1.17 bits per heavy atom. The summed E-state index contributed by atoms with van der Waals surface area (Å²) >= 11 is 0. The third-order valence-corrected chi connectivity index (χ3v) is 5.52. The van der Waals surface area contributed by atoms with Crippen LogP contribution in [0.5, 0.6) is 11.5 Å². The Morgan fingerprint density at radius 3 is 2.28 bits per heavy atom. The van der Waals surface area contributed by atoms with Gasteiger partial charge in [0.2, 0.25) is 10.0 Å². The largest absolute Gasteiger partial charge is 0.493 e. The van der Waals surface area contributed by atoms with Gasteiger partial charge >= 0.3 is 0 Å². The van der Waals surface area contributed by atoms with Crippen LogP contribution in [0.2, 0.25) is 0 Å². The number of nitro benzene ring substituents is 1. The Hall–Kier alpha value is -3.34. The number of ether oxygens (including phenoxy) is 2. The summed E-state index contributed by atoms with van der Waals surface area (Å²) < 4.78 is 35.4. The number of hydrogen-bond acceptors (Lipinski definition) is 7. The number of nitrogens with one attached hydrogen (secondary N) is 1. The van der Waals surface area contributed by atoms with Crippen molar-refractivity contribution in [2.45, 2.75) is 6.92 Å². The van der Waals surface area contributed by atoms with E-state index in [-0.39, 0.29) is 39.7 Å². The topological polar surface area (TPSA) is 128 Å². The first-order valence-corrected chi connectivity index (χ1v) is 10.1. The van der Waals surface area contributed by atoms with E-state index in [1.165, 1.54) is 58.5 Å². The number of benzene rings is 2. The van der Waals surface area contributed by atoms with Crippen molar-refractivity contribution in [2.24, 2.45) is 0 Å². The van der Waals surface area contributed by atoms with E-state index in [2.05, 4.69) is 5.32 Å². The zero-order valence-electron chi connectivity index (χ0n) is 16.5. The highest BCUT2D eigenvalue weighted by Crippen LogP contribution is 2.36. The Morgan fingerprint density at radius 2 is 1.76 bits per heavy atom. The molecular weight excluding hydrogens is 402 g/mol. The van der Waals surface area contributed by atoms with Crippen molar-refractivity contribution < 1.29 is 27.6 Å². The highest BCUT2D eigenvalue weighted by Gasteiger charge is 2.24.